The second-order valence-electron chi connectivity index (χ2n) is 3.75. The molecule has 0 saturated carbocycles. The summed E-state index contributed by atoms with van der Waals surface area (Å²) in [6.07, 6.45) is 3.62. The van der Waals surface area contributed by atoms with Gasteiger partial charge in [-0.15, -0.1) is 0 Å². The first kappa shape index (κ1) is 10.2. The van der Waals surface area contributed by atoms with Crippen molar-refractivity contribution in [1.29, 1.82) is 0 Å². The van der Waals surface area contributed by atoms with E-state index in [9.17, 15) is 0 Å². The minimum atomic E-state index is 0.582. The fraction of sp³-hybridized carbons (Fsp3) is 0.0833. The molecule has 0 radical (unpaired) electrons. The van der Waals surface area contributed by atoms with Gasteiger partial charge in [0.25, 0.3) is 0 Å². The minimum Gasteiger partial charge on any atom is -0.375 e. The highest BCUT2D eigenvalue weighted by Crippen LogP contribution is 2.29. The number of hydrogen-bond acceptors (Lipinski definition) is 5. The molecule has 5 heteroatoms. The predicted octanol–water partition coefficient (Wildman–Crippen LogP) is 2.64. The van der Waals surface area contributed by atoms with Crippen molar-refractivity contribution in [3.63, 3.8) is 0 Å². The van der Waals surface area contributed by atoms with Gasteiger partial charge in [0.2, 0.25) is 0 Å². The summed E-state index contributed by atoms with van der Waals surface area (Å²) in [5, 5.41) is 1.62. The molecule has 0 fully saturated rings. The molecule has 3 aromatic rings. The summed E-state index contributed by atoms with van der Waals surface area (Å²) >= 11 is 1.48. The Morgan fingerprint density at radius 2 is 2.06 bits per heavy atom. The Balaban J connectivity index is 2.18. The number of aromatic nitrogens is 3. The van der Waals surface area contributed by atoms with E-state index in [4.69, 9.17) is 5.73 Å². The van der Waals surface area contributed by atoms with Crippen molar-refractivity contribution in [1.82, 2.24) is 15.0 Å². The molecule has 0 saturated heterocycles. The van der Waals surface area contributed by atoms with Crippen molar-refractivity contribution >= 4 is 27.4 Å². The van der Waals surface area contributed by atoms with Gasteiger partial charge in [0, 0.05) is 17.8 Å². The predicted molar refractivity (Wildman–Crippen MR) is 69.8 cm³/mol. The third-order valence-electron chi connectivity index (χ3n) is 2.51. The largest absolute Gasteiger partial charge is 0.375 e. The van der Waals surface area contributed by atoms with Crippen molar-refractivity contribution in [2.75, 3.05) is 5.73 Å². The third-order valence-corrected chi connectivity index (χ3v) is 3.39. The van der Waals surface area contributed by atoms with Crippen LogP contribution in [0.5, 0.6) is 0 Å². The van der Waals surface area contributed by atoms with Gasteiger partial charge in [-0.05, 0) is 18.6 Å². The van der Waals surface area contributed by atoms with Gasteiger partial charge in [-0.3, -0.25) is 0 Å². The highest BCUT2D eigenvalue weighted by Gasteiger charge is 2.04. The zero-order valence-electron chi connectivity index (χ0n) is 9.21. The molecule has 0 unspecified atom stereocenters. The molecular weight excluding hydrogens is 232 g/mol. The van der Waals surface area contributed by atoms with E-state index in [1.807, 2.05) is 31.3 Å². The monoisotopic (exact) mass is 242 g/mol. The summed E-state index contributed by atoms with van der Waals surface area (Å²) in [7, 11) is 0. The molecule has 2 aromatic heterocycles. The third kappa shape index (κ3) is 1.85. The Labute approximate surface area is 102 Å². The van der Waals surface area contributed by atoms with Gasteiger partial charge in [0.05, 0.1) is 10.4 Å². The number of nitrogens with two attached hydrogens (primary N) is 1. The molecular formula is C12H10N4S. The van der Waals surface area contributed by atoms with E-state index in [2.05, 4.69) is 15.0 Å². The molecule has 0 bridgehead atoms. The van der Waals surface area contributed by atoms with Gasteiger partial charge in [-0.1, -0.05) is 23.5 Å². The van der Waals surface area contributed by atoms with Crippen LogP contribution < -0.4 is 5.73 Å². The highest BCUT2D eigenvalue weighted by molar-refractivity contribution is 7.18. The normalized spacial score (nSPS) is 10.9. The number of nitrogens with zero attached hydrogens (tertiary/aromatic N) is 3. The molecule has 1 aromatic carbocycles. The van der Waals surface area contributed by atoms with Crippen LogP contribution in [-0.4, -0.2) is 15.0 Å². The molecule has 4 nitrogen and oxygen atoms in total. The van der Waals surface area contributed by atoms with Gasteiger partial charge in [-0.25, -0.2) is 15.0 Å². The Morgan fingerprint density at radius 1 is 1.18 bits per heavy atom. The molecule has 84 valence electrons. The second-order valence-corrected chi connectivity index (χ2v) is 4.82. The van der Waals surface area contributed by atoms with Crippen LogP contribution in [-0.2, 0) is 0 Å². The lowest BCUT2D eigenvalue weighted by atomic mass is 10.1. The van der Waals surface area contributed by atoms with Crippen molar-refractivity contribution in [2.24, 2.45) is 0 Å². The van der Waals surface area contributed by atoms with Crippen LogP contribution in [0.4, 0.5) is 5.13 Å². The molecule has 0 aliphatic rings. The molecule has 3 rings (SSSR count). The van der Waals surface area contributed by atoms with Gasteiger partial charge < -0.3 is 5.73 Å². The number of nitrogen functional groups attached to an aromatic ring is 1. The number of benzene rings is 1. The summed E-state index contributed by atoms with van der Waals surface area (Å²) in [6, 6.07) is 6.09. The summed E-state index contributed by atoms with van der Waals surface area (Å²) in [4.78, 5) is 13.7. The van der Waals surface area contributed by atoms with E-state index in [1.54, 1.807) is 6.20 Å². The molecule has 17 heavy (non-hydrogen) atoms. The molecule has 0 amide bonds. The van der Waals surface area contributed by atoms with Crippen LogP contribution >= 0.6 is 11.3 Å². The summed E-state index contributed by atoms with van der Waals surface area (Å²) in [6.45, 7) is 1.89. The Kier molecular flexibility index (Phi) is 2.26. The van der Waals surface area contributed by atoms with Crippen LogP contribution in [0.25, 0.3) is 21.3 Å². The van der Waals surface area contributed by atoms with E-state index in [0.29, 0.717) is 5.13 Å². The fourth-order valence-electron chi connectivity index (χ4n) is 1.69. The first-order valence-corrected chi connectivity index (χ1v) is 5.99. The van der Waals surface area contributed by atoms with Crippen molar-refractivity contribution in [3.8, 4) is 10.4 Å². The lowest BCUT2D eigenvalue weighted by Crippen LogP contribution is -1.87. The number of aryl methyl sites for hydroxylation is 1. The highest BCUT2D eigenvalue weighted by atomic mass is 32.1. The lowest BCUT2D eigenvalue weighted by molar-refractivity contribution is 1.09. The van der Waals surface area contributed by atoms with Gasteiger partial charge in [0.1, 0.15) is 5.82 Å². The maximum Gasteiger partial charge on any atom is 0.180 e. The maximum atomic E-state index is 5.63. The average molecular weight is 242 g/mol. The van der Waals surface area contributed by atoms with Crippen molar-refractivity contribution in [3.05, 3.63) is 36.4 Å². The van der Waals surface area contributed by atoms with Crippen LogP contribution in [0, 0.1) is 6.92 Å². The smallest absolute Gasteiger partial charge is 0.180 e. The lowest BCUT2D eigenvalue weighted by Gasteiger charge is -2.01. The number of thiazole rings is 1. The summed E-state index contributed by atoms with van der Waals surface area (Å²) in [5.41, 5.74) is 7.67. The first-order valence-electron chi connectivity index (χ1n) is 5.17. The average Bonchev–Trinajstić information content (AvgIpc) is 2.75. The zero-order chi connectivity index (χ0) is 11.8. The number of hydrogen-bond donors (Lipinski definition) is 1. The van der Waals surface area contributed by atoms with Crippen LogP contribution in [0.2, 0.25) is 0 Å². The standard InChI is InChI=1S/C12H10N4S/c1-7-14-5-9-3-2-8(4-10(9)16-7)11-6-15-12(13)17-11/h2-6H,1H3,(H2,13,15). The first-order chi connectivity index (χ1) is 8.22. The summed E-state index contributed by atoms with van der Waals surface area (Å²) in [5.74, 6) is 0.776. The maximum absolute atomic E-state index is 5.63. The molecule has 0 aliphatic heterocycles. The molecule has 0 aliphatic carbocycles. The minimum absolute atomic E-state index is 0.582. The Hall–Kier alpha value is -2.01. The topological polar surface area (TPSA) is 64.7 Å². The van der Waals surface area contributed by atoms with E-state index >= 15 is 0 Å². The SMILES string of the molecule is Cc1ncc2ccc(-c3cnc(N)s3)cc2n1. The quantitative estimate of drug-likeness (QED) is 0.712. The number of rotatable bonds is 1. The molecule has 0 atom stereocenters. The molecule has 0 spiro atoms. The van der Waals surface area contributed by atoms with E-state index < -0.39 is 0 Å². The van der Waals surface area contributed by atoms with Crippen molar-refractivity contribution < 1.29 is 0 Å². The number of anilines is 1. The van der Waals surface area contributed by atoms with Crippen LogP contribution in [0.3, 0.4) is 0 Å². The Morgan fingerprint density at radius 3 is 2.82 bits per heavy atom. The summed E-state index contributed by atoms with van der Waals surface area (Å²) < 4.78 is 0. The van der Waals surface area contributed by atoms with E-state index in [-0.39, 0.29) is 0 Å². The van der Waals surface area contributed by atoms with Crippen molar-refractivity contribution in [2.45, 2.75) is 6.92 Å². The second kappa shape index (κ2) is 3.78. The zero-order valence-corrected chi connectivity index (χ0v) is 10.0. The Bertz CT molecular complexity index is 690. The molecule has 2 N–H and O–H groups in total. The van der Waals surface area contributed by atoms with E-state index in [1.165, 1.54) is 11.3 Å². The van der Waals surface area contributed by atoms with Crippen LogP contribution in [0.15, 0.2) is 30.6 Å². The number of fused-ring (bicyclic) bond motifs is 1. The molecule has 2 heterocycles. The van der Waals surface area contributed by atoms with E-state index in [0.717, 1.165) is 27.2 Å². The van der Waals surface area contributed by atoms with Gasteiger partial charge >= 0.3 is 0 Å². The fourth-order valence-corrected chi connectivity index (χ4v) is 2.37. The van der Waals surface area contributed by atoms with Gasteiger partial charge in [0.15, 0.2) is 5.13 Å². The van der Waals surface area contributed by atoms with Gasteiger partial charge in [-0.2, -0.15) is 0 Å². The van der Waals surface area contributed by atoms with Crippen LogP contribution in [0.1, 0.15) is 5.82 Å².